The Morgan fingerprint density at radius 1 is 1.39 bits per heavy atom. The molecule has 1 unspecified atom stereocenters. The monoisotopic (exact) mass is 254 g/mol. The summed E-state index contributed by atoms with van der Waals surface area (Å²) in [5.74, 6) is -2.67. The topological polar surface area (TPSA) is 52.6 Å². The Hall–Kier alpha value is -1.85. The third-order valence-corrected chi connectivity index (χ3v) is 3.80. The molecule has 1 amide bonds. The predicted octanol–water partition coefficient (Wildman–Crippen LogP) is 2.36. The number of rotatable bonds is 1. The molecule has 1 aromatic rings. The second-order valence-corrected chi connectivity index (χ2v) is 4.80. The number of alkyl halides is 2. The lowest BCUT2D eigenvalue weighted by Gasteiger charge is -2.35. The van der Waals surface area contributed by atoms with Crippen molar-refractivity contribution in [2.75, 3.05) is 11.6 Å². The van der Waals surface area contributed by atoms with E-state index in [-0.39, 0.29) is 19.4 Å². The molecule has 1 aromatic carbocycles. The normalized spacial score (nSPS) is 27.8. The quantitative estimate of drug-likeness (QED) is 0.808. The number of anilines is 1. The highest BCUT2D eigenvalue weighted by Crippen LogP contribution is 2.66. The molecule has 1 atom stereocenters. The van der Waals surface area contributed by atoms with Crippen LogP contribution in [0.4, 0.5) is 19.3 Å². The Kier molecular flexibility index (Phi) is 2.09. The van der Waals surface area contributed by atoms with E-state index in [0.29, 0.717) is 11.3 Å². The maximum absolute atomic E-state index is 13.6. The number of para-hydroxylation sites is 1. The number of hydrogen-bond acceptors (Lipinski definition) is 2. The van der Waals surface area contributed by atoms with Crippen molar-refractivity contribution in [3.63, 3.8) is 0 Å². The van der Waals surface area contributed by atoms with Gasteiger partial charge in [0.2, 0.25) is 0 Å². The van der Waals surface area contributed by atoms with Gasteiger partial charge in [0.15, 0.2) is 0 Å². The Morgan fingerprint density at radius 2 is 2.06 bits per heavy atom. The average Bonchev–Trinajstić information content (AvgIpc) is 2.86. The van der Waals surface area contributed by atoms with Crippen LogP contribution < -0.4 is 10.4 Å². The lowest BCUT2D eigenvalue weighted by Crippen LogP contribution is -2.47. The van der Waals surface area contributed by atoms with Crippen LogP contribution in [-0.4, -0.2) is 23.7 Å². The van der Waals surface area contributed by atoms with E-state index in [9.17, 15) is 13.6 Å². The summed E-state index contributed by atoms with van der Waals surface area (Å²) in [5.41, 5.74) is 2.22. The molecule has 2 aliphatic rings. The number of hydrogen-bond donors (Lipinski definition) is 2. The molecule has 1 heterocycles. The van der Waals surface area contributed by atoms with E-state index >= 15 is 0 Å². The minimum Gasteiger partial charge on any atom is -0.464 e. The van der Waals surface area contributed by atoms with E-state index in [0.717, 1.165) is 0 Å². The second kappa shape index (κ2) is 3.34. The molecule has 1 spiro atoms. The zero-order chi connectivity index (χ0) is 13.0. The van der Waals surface area contributed by atoms with Gasteiger partial charge < -0.3 is 5.11 Å². The van der Waals surface area contributed by atoms with E-state index < -0.39 is 17.4 Å². The van der Waals surface area contributed by atoms with Gasteiger partial charge in [-0.2, -0.15) is 0 Å². The van der Waals surface area contributed by atoms with Crippen molar-refractivity contribution in [3.05, 3.63) is 29.8 Å². The van der Waals surface area contributed by atoms with E-state index in [1.807, 2.05) is 0 Å². The van der Waals surface area contributed by atoms with Gasteiger partial charge in [-0.05, 0) is 18.1 Å². The van der Waals surface area contributed by atoms with Gasteiger partial charge in [0.1, 0.15) is 0 Å². The van der Waals surface area contributed by atoms with Crippen molar-refractivity contribution in [1.29, 1.82) is 0 Å². The number of carbonyl (C=O) groups is 1. The summed E-state index contributed by atoms with van der Waals surface area (Å²) in [6.45, 7) is 0.263. The predicted molar refractivity (Wildman–Crippen MR) is 60.8 cm³/mol. The van der Waals surface area contributed by atoms with Gasteiger partial charge in [0.25, 0.3) is 5.92 Å². The fourth-order valence-corrected chi connectivity index (χ4v) is 2.80. The third-order valence-electron chi connectivity index (χ3n) is 3.80. The molecule has 1 aliphatic carbocycles. The summed E-state index contributed by atoms with van der Waals surface area (Å²) in [4.78, 5) is 10.7. The first-order chi connectivity index (χ1) is 8.46. The van der Waals surface area contributed by atoms with Crippen LogP contribution in [0.1, 0.15) is 18.4 Å². The number of amides is 1. The number of fused-ring (bicyclic) bond motifs is 2. The Balaban J connectivity index is 2.02. The lowest BCUT2D eigenvalue weighted by molar-refractivity contribution is 0.0843. The molecule has 0 aromatic heterocycles. The van der Waals surface area contributed by atoms with Crippen LogP contribution in [0.15, 0.2) is 24.3 Å². The van der Waals surface area contributed by atoms with Crippen molar-refractivity contribution in [1.82, 2.24) is 5.43 Å². The molecule has 0 radical (unpaired) electrons. The van der Waals surface area contributed by atoms with Crippen LogP contribution in [0.3, 0.4) is 0 Å². The highest BCUT2D eigenvalue weighted by Gasteiger charge is 2.72. The van der Waals surface area contributed by atoms with Gasteiger partial charge in [0.05, 0.1) is 11.1 Å². The van der Waals surface area contributed by atoms with Crippen molar-refractivity contribution >= 4 is 11.8 Å². The summed E-state index contributed by atoms with van der Waals surface area (Å²) in [6, 6.07) is 6.75. The van der Waals surface area contributed by atoms with Gasteiger partial charge in [-0.1, -0.05) is 18.2 Å². The van der Waals surface area contributed by atoms with E-state index in [4.69, 9.17) is 5.11 Å². The van der Waals surface area contributed by atoms with Gasteiger partial charge in [-0.15, -0.1) is 0 Å². The number of benzene rings is 1. The van der Waals surface area contributed by atoms with Crippen molar-refractivity contribution < 1.29 is 18.7 Å². The van der Waals surface area contributed by atoms with Crippen LogP contribution in [0.5, 0.6) is 0 Å². The zero-order valence-corrected chi connectivity index (χ0v) is 9.49. The van der Waals surface area contributed by atoms with Crippen LogP contribution in [0.25, 0.3) is 0 Å². The molecule has 4 nitrogen and oxygen atoms in total. The van der Waals surface area contributed by atoms with E-state index in [2.05, 4.69) is 5.43 Å². The average molecular weight is 254 g/mol. The second-order valence-electron chi connectivity index (χ2n) is 4.80. The Labute approximate surface area is 102 Å². The number of hydrazine groups is 1. The van der Waals surface area contributed by atoms with Crippen LogP contribution in [0, 0.1) is 0 Å². The summed E-state index contributed by atoms with van der Waals surface area (Å²) in [6.07, 6.45) is -1.07. The molecular formula is C12H12F2N2O2. The smallest absolute Gasteiger partial charge is 0.423 e. The Bertz CT molecular complexity index is 521. The highest BCUT2D eigenvalue weighted by molar-refractivity contribution is 5.71. The largest absolute Gasteiger partial charge is 0.464 e. The van der Waals surface area contributed by atoms with E-state index in [1.165, 1.54) is 5.01 Å². The summed E-state index contributed by atoms with van der Waals surface area (Å²) < 4.78 is 27.2. The number of nitrogens with one attached hydrogen (secondary N) is 1. The number of nitrogens with zero attached hydrogens (tertiary/aromatic N) is 1. The van der Waals surface area contributed by atoms with Crippen LogP contribution >= 0.6 is 0 Å². The molecule has 1 saturated carbocycles. The maximum atomic E-state index is 13.6. The molecule has 96 valence electrons. The van der Waals surface area contributed by atoms with Crippen LogP contribution in [-0.2, 0) is 5.41 Å². The Morgan fingerprint density at radius 3 is 2.67 bits per heavy atom. The first-order valence-electron chi connectivity index (χ1n) is 5.71. The number of halogens is 2. The van der Waals surface area contributed by atoms with Crippen molar-refractivity contribution in [2.24, 2.45) is 0 Å². The molecule has 2 N–H and O–H groups in total. The van der Waals surface area contributed by atoms with Gasteiger partial charge >= 0.3 is 6.09 Å². The number of carboxylic acid groups (broad SMARTS) is 1. The first-order valence-corrected chi connectivity index (χ1v) is 5.71. The third kappa shape index (κ3) is 1.38. The molecule has 1 aliphatic heterocycles. The molecule has 18 heavy (non-hydrogen) atoms. The molecule has 3 rings (SSSR count). The van der Waals surface area contributed by atoms with Gasteiger partial charge in [-0.25, -0.2) is 19.0 Å². The SMILES string of the molecule is O=C(O)NN1CCC2(CC2(F)F)c2ccccc21. The van der Waals surface area contributed by atoms with Crippen molar-refractivity contribution in [2.45, 2.75) is 24.2 Å². The zero-order valence-electron chi connectivity index (χ0n) is 9.49. The summed E-state index contributed by atoms with van der Waals surface area (Å²) in [5, 5.41) is 10.2. The molecule has 0 bridgehead atoms. The fourth-order valence-electron chi connectivity index (χ4n) is 2.80. The fraction of sp³-hybridized carbons (Fsp3) is 0.417. The van der Waals surface area contributed by atoms with E-state index in [1.54, 1.807) is 24.3 Å². The summed E-state index contributed by atoms with van der Waals surface area (Å²) >= 11 is 0. The lowest BCUT2D eigenvalue weighted by atomic mass is 9.87. The molecule has 6 heteroatoms. The molecule has 0 saturated heterocycles. The maximum Gasteiger partial charge on any atom is 0.423 e. The standard InChI is InChI=1S/C12H12F2N2O2/c13-12(14)7-11(12)5-6-16(15-10(17)18)9-4-2-1-3-8(9)11/h1-4,15H,5-7H2,(H,17,18). The minimum absolute atomic E-state index is 0.141. The minimum atomic E-state index is -2.67. The molecular weight excluding hydrogens is 242 g/mol. The molecule has 1 fully saturated rings. The highest BCUT2D eigenvalue weighted by atomic mass is 19.3. The van der Waals surface area contributed by atoms with Crippen LogP contribution in [0.2, 0.25) is 0 Å². The van der Waals surface area contributed by atoms with Gasteiger partial charge in [0, 0.05) is 13.0 Å². The van der Waals surface area contributed by atoms with Crippen molar-refractivity contribution in [3.8, 4) is 0 Å². The van der Waals surface area contributed by atoms with Gasteiger partial charge in [-0.3, -0.25) is 5.01 Å². The first kappa shape index (κ1) is 11.3. The summed E-state index contributed by atoms with van der Waals surface area (Å²) in [7, 11) is 0.